The number of aryl methyl sites for hydroxylation is 1. The molecule has 0 aliphatic heterocycles. The maximum absolute atomic E-state index is 13.0. The Kier molecular flexibility index (Phi) is 8.05. The van der Waals surface area contributed by atoms with E-state index < -0.39 is 11.0 Å². The van der Waals surface area contributed by atoms with Crippen molar-refractivity contribution in [1.29, 1.82) is 0 Å². The molecule has 0 radical (unpaired) electrons. The number of carbonyl (C=O) groups excluding carboxylic acids is 1. The van der Waals surface area contributed by atoms with Gasteiger partial charge in [-0.2, -0.15) is 0 Å². The lowest BCUT2D eigenvalue weighted by Gasteiger charge is -2.29. The second-order valence-electron chi connectivity index (χ2n) is 7.67. The molecule has 0 heterocycles. The quantitative estimate of drug-likeness (QED) is 0.200. The Bertz CT molecular complexity index is 1100. The molecule has 5 heteroatoms. The molecule has 2 aromatic carbocycles. The fourth-order valence-electron chi connectivity index (χ4n) is 3.17. The third-order valence-electron chi connectivity index (χ3n) is 4.94. The molecule has 1 N–H and O–H groups in total. The largest absolute Gasteiger partial charge is 0.501 e. The van der Waals surface area contributed by atoms with E-state index in [0.717, 1.165) is 21.9 Å². The number of methoxy groups -OCH3 is 1. The summed E-state index contributed by atoms with van der Waals surface area (Å²) >= 11 is 1.32. The molecule has 1 amide bonds. The van der Waals surface area contributed by atoms with Crippen LogP contribution in [0.2, 0.25) is 0 Å². The van der Waals surface area contributed by atoms with E-state index in [1.54, 1.807) is 13.2 Å². The van der Waals surface area contributed by atoms with Gasteiger partial charge >= 0.3 is 0 Å². The molecule has 2 rings (SSSR count). The summed E-state index contributed by atoms with van der Waals surface area (Å²) in [6, 6.07) is 9.70. The molecular formula is C26H29NO3S. The number of carbonyl (C=O) groups is 1. The van der Waals surface area contributed by atoms with E-state index in [9.17, 15) is 4.79 Å². The van der Waals surface area contributed by atoms with Crippen LogP contribution >= 0.6 is 11.8 Å². The second kappa shape index (κ2) is 10.3. The molecule has 0 bridgehead atoms. The summed E-state index contributed by atoms with van der Waals surface area (Å²) in [5.74, 6) is 3.72. The smallest absolute Gasteiger partial charge is 0.272 e. The van der Waals surface area contributed by atoms with Crippen molar-refractivity contribution in [2.45, 2.75) is 38.7 Å². The van der Waals surface area contributed by atoms with Crippen molar-refractivity contribution >= 4 is 28.4 Å². The number of terminal acetylenes is 1. The molecule has 0 aliphatic carbocycles. The average Bonchev–Trinajstić information content (AvgIpc) is 2.74. The van der Waals surface area contributed by atoms with E-state index in [4.69, 9.17) is 15.9 Å². The first kappa shape index (κ1) is 24.2. The van der Waals surface area contributed by atoms with E-state index in [1.807, 2.05) is 64.3 Å². The minimum atomic E-state index is -0.731. The number of ether oxygens (including phenoxy) is 2. The van der Waals surface area contributed by atoms with Crippen LogP contribution in [0.3, 0.4) is 0 Å². The van der Waals surface area contributed by atoms with Gasteiger partial charge in [0.1, 0.15) is 5.75 Å². The van der Waals surface area contributed by atoms with Crippen molar-refractivity contribution in [3.63, 3.8) is 0 Å². The number of hydrogen-bond donors (Lipinski definition) is 1. The molecule has 0 aromatic heterocycles. The van der Waals surface area contributed by atoms with Crippen LogP contribution in [0.15, 0.2) is 60.1 Å². The third-order valence-corrected chi connectivity index (χ3v) is 5.68. The molecule has 2 aromatic rings. The van der Waals surface area contributed by atoms with Gasteiger partial charge in [0.2, 0.25) is 5.44 Å². The van der Waals surface area contributed by atoms with Gasteiger partial charge in [0, 0.05) is 11.1 Å². The lowest BCUT2D eigenvalue weighted by atomic mass is 9.94. The highest BCUT2D eigenvalue weighted by Crippen LogP contribution is 2.28. The van der Waals surface area contributed by atoms with Gasteiger partial charge in [-0.1, -0.05) is 18.6 Å². The van der Waals surface area contributed by atoms with Gasteiger partial charge in [-0.15, -0.1) is 23.9 Å². The van der Waals surface area contributed by atoms with E-state index in [0.29, 0.717) is 17.1 Å². The van der Waals surface area contributed by atoms with Crippen LogP contribution in [0, 0.1) is 19.3 Å². The predicted molar refractivity (Wildman–Crippen MR) is 130 cm³/mol. The summed E-state index contributed by atoms with van der Waals surface area (Å²) in [4.78, 5) is 13.0. The number of allylic oxidation sites excluding steroid dienone is 1. The Morgan fingerprint density at radius 2 is 2.03 bits per heavy atom. The van der Waals surface area contributed by atoms with E-state index in [2.05, 4.69) is 23.5 Å². The molecular weight excluding hydrogens is 406 g/mol. The van der Waals surface area contributed by atoms with Crippen LogP contribution in [0.1, 0.15) is 31.9 Å². The molecule has 0 saturated heterocycles. The first-order valence-electron chi connectivity index (χ1n) is 9.80. The normalized spacial score (nSPS) is 12.5. The van der Waals surface area contributed by atoms with Crippen molar-refractivity contribution in [1.82, 2.24) is 5.32 Å². The Hall–Kier alpha value is -3.06. The van der Waals surface area contributed by atoms with Gasteiger partial charge < -0.3 is 14.8 Å². The van der Waals surface area contributed by atoms with Gasteiger partial charge in [0.25, 0.3) is 5.91 Å². The van der Waals surface area contributed by atoms with Gasteiger partial charge in [-0.3, -0.25) is 4.79 Å². The van der Waals surface area contributed by atoms with Crippen molar-refractivity contribution < 1.29 is 14.3 Å². The van der Waals surface area contributed by atoms with Crippen LogP contribution in [-0.4, -0.2) is 30.2 Å². The zero-order chi connectivity index (χ0) is 23.2. The van der Waals surface area contributed by atoms with Gasteiger partial charge in [-0.25, -0.2) is 0 Å². The average molecular weight is 436 g/mol. The van der Waals surface area contributed by atoms with Gasteiger partial charge in [-0.05, 0) is 80.6 Å². The highest BCUT2D eigenvalue weighted by molar-refractivity contribution is 7.99. The zero-order valence-electron chi connectivity index (χ0n) is 19.0. The molecule has 0 aliphatic rings. The summed E-state index contributed by atoms with van der Waals surface area (Å²) in [5, 5.41) is 5.10. The molecule has 1 unspecified atom stereocenters. The number of nitrogens with one attached hydrogen (secondary N) is 1. The molecule has 0 fully saturated rings. The van der Waals surface area contributed by atoms with Crippen LogP contribution < -0.4 is 10.1 Å². The Morgan fingerprint density at radius 1 is 1.32 bits per heavy atom. The van der Waals surface area contributed by atoms with Crippen molar-refractivity contribution in [3.8, 4) is 18.1 Å². The van der Waals surface area contributed by atoms with Crippen LogP contribution in [0.25, 0.3) is 10.8 Å². The Labute approximate surface area is 189 Å². The van der Waals surface area contributed by atoms with Gasteiger partial charge in [0.05, 0.1) is 18.4 Å². The van der Waals surface area contributed by atoms with Crippen LogP contribution in [0.4, 0.5) is 0 Å². The highest BCUT2D eigenvalue weighted by atomic mass is 32.2. The van der Waals surface area contributed by atoms with Crippen molar-refractivity contribution in [2.75, 3.05) is 13.4 Å². The third kappa shape index (κ3) is 5.98. The molecule has 31 heavy (non-hydrogen) atoms. The summed E-state index contributed by atoms with van der Waals surface area (Å²) in [5.41, 5.74) is 4.01. The minimum absolute atomic E-state index is 0.246. The van der Waals surface area contributed by atoms with E-state index >= 15 is 0 Å². The number of rotatable bonds is 8. The number of thioether (sulfide) groups is 1. The number of hydrogen-bond acceptors (Lipinski definition) is 4. The van der Waals surface area contributed by atoms with Gasteiger partial charge in [0.15, 0.2) is 0 Å². The lowest BCUT2D eigenvalue weighted by molar-refractivity contribution is -0.125. The molecule has 0 saturated carbocycles. The lowest BCUT2D eigenvalue weighted by Crippen LogP contribution is -2.49. The second-order valence-corrected chi connectivity index (χ2v) is 8.57. The molecule has 4 nitrogen and oxygen atoms in total. The Balaban J connectivity index is 2.27. The fraction of sp³-hybridized carbons (Fsp3) is 0.308. The highest BCUT2D eigenvalue weighted by Gasteiger charge is 2.29. The number of benzene rings is 2. The monoisotopic (exact) mass is 435 g/mol. The Morgan fingerprint density at radius 3 is 2.61 bits per heavy atom. The fourth-order valence-corrected chi connectivity index (χ4v) is 3.65. The SMILES string of the molecule is C#Cc1ccc2c(C)cc(OC(SC)C(=O)NC(C)(C)C(=C=C)C=C(C)OC)cc2c1. The first-order valence-corrected chi connectivity index (χ1v) is 11.1. The topological polar surface area (TPSA) is 47.6 Å². The maximum Gasteiger partial charge on any atom is 0.272 e. The van der Waals surface area contributed by atoms with E-state index in [-0.39, 0.29) is 5.91 Å². The summed E-state index contributed by atoms with van der Waals surface area (Å²) < 4.78 is 11.3. The van der Waals surface area contributed by atoms with Crippen molar-refractivity contribution in [2.24, 2.45) is 0 Å². The zero-order valence-corrected chi connectivity index (χ0v) is 19.8. The summed E-state index contributed by atoms with van der Waals surface area (Å²) in [6.07, 6.45) is 9.17. The number of fused-ring (bicyclic) bond motifs is 1. The minimum Gasteiger partial charge on any atom is -0.501 e. The number of amides is 1. The first-order chi connectivity index (χ1) is 14.6. The predicted octanol–water partition coefficient (Wildman–Crippen LogP) is 5.35. The van der Waals surface area contributed by atoms with Crippen LogP contribution in [0.5, 0.6) is 5.75 Å². The standard InChI is InChI=1S/C26H29NO3S/c1-9-19-11-12-23-17(3)13-22(16-20(23)15-19)30-25(31-8)24(28)27-26(5,6)21(10-2)14-18(4)29-7/h1,11-16,25H,2H2,3-8H3,(H,27,28). The van der Waals surface area contributed by atoms with E-state index in [1.165, 1.54) is 11.8 Å². The summed E-state index contributed by atoms with van der Waals surface area (Å²) in [6.45, 7) is 11.4. The van der Waals surface area contributed by atoms with Crippen molar-refractivity contribution in [3.05, 3.63) is 71.2 Å². The maximum atomic E-state index is 13.0. The molecule has 0 spiro atoms. The molecule has 162 valence electrons. The van der Waals surface area contributed by atoms with Crippen LogP contribution in [-0.2, 0) is 9.53 Å². The summed E-state index contributed by atoms with van der Waals surface area (Å²) in [7, 11) is 1.59. The molecule has 1 atom stereocenters.